The van der Waals surface area contributed by atoms with E-state index in [-0.39, 0.29) is 5.91 Å². The zero-order valence-electron chi connectivity index (χ0n) is 14.5. The number of carbonyl (C=O) groups is 1. The SMILES string of the molecule is COc1ccccc1N1CCN(CC(=O)Nc2cc(Br)ccc2Br)CC1. The smallest absolute Gasteiger partial charge is 0.238 e. The van der Waals surface area contributed by atoms with Gasteiger partial charge in [-0.3, -0.25) is 9.69 Å². The summed E-state index contributed by atoms with van der Waals surface area (Å²) in [6, 6.07) is 13.8. The van der Waals surface area contributed by atoms with Crippen molar-refractivity contribution in [1.29, 1.82) is 0 Å². The highest BCUT2D eigenvalue weighted by Gasteiger charge is 2.21. The molecule has 1 aliphatic rings. The van der Waals surface area contributed by atoms with Gasteiger partial charge in [-0.05, 0) is 46.3 Å². The number of nitrogens with one attached hydrogen (secondary N) is 1. The number of piperazine rings is 1. The first kappa shape index (κ1) is 19.2. The van der Waals surface area contributed by atoms with E-state index in [9.17, 15) is 4.79 Å². The normalized spacial score (nSPS) is 15.0. The van der Waals surface area contributed by atoms with Crippen LogP contribution in [0.2, 0.25) is 0 Å². The lowest BCUT2D eigenvalue weighted by molar-refractivity contribution is -0.117. The minimum absolute atomic E-state index is 0.00505. The second-order valence-corrected chi connectivity index (χ2v) is 7.88. The molecule has 1 saturated heterocycles. The number of hydrogen-bond acceptors (Lipinski definition) is 4. The number of nitrogens with zero attached hydrogens (tertiary/aromatic N) is 2. The van der Waals surface area contributed by atoms with E-state index in [1.165, 1.54) is 0 Å². The van der Waals surface area contributed by atoms with Crippen molar-refractivity contribution in [2.24, 2.45) is 0 Å². The van der Waals surface area contributed by atoms with E-state index in [1.807, 2.05) is 36.4 Å². The van der Waals surface area contributed by atoms with Crippen molar-refractivity contribution >= 4 is 49.1 Å². The number of rotatable bonds is 5. The van der Waals surface area contributed by atoms with E-state index in [0.717, 1.165) is 52.2 Å². The molecule has 1 heterocycles. The lowest BCUT2D eigenvalue weighted by Gasteiger charge is -2.36. The van der Waals surface area contributed by atoms with Gasteiger partial charge in [-0.1, -0.05) is 28.1 Å². The molecule has 0 aliphatic carbocycles. The van der Waals surface area contributed by atoms with Crippen LogP contribution < -0.4 is 15.0 Å². The minimum atomic E-state index is -0.00505. The van der Waals surface area contributed by atoms with Crippen LogP contribution in [-0.4, -0.2) is 50.6 Å². The predicted molar refractivity (Wildman–Crippen MR) is 112 cm³/mol. The molecule has 1 aliphatic heterocycles. The highest BCUT2D eigenvalue weighted by atomic mass is 79.9. The molecule has 138 valence electrons. The molecule has 1 amide bonds. The first-order chi connectivity index (χ1) is 12.6. The number of carbonyl (C=O) groups excluding carboxylic acids is 1. The summed E-state index contributed by atoms with van der Waals surface area (Å²) in [5, 5.41) is 2.97. The van der Waals surface area contributed by atoms with Gasteiger partial charge >= 0.3 is 0 Å². The molecular weight excluding hydrogens is 462 g/mol. The van der Waals surface area contributed by atoms with Crippen molar-refractivity contribution in [3.63, 3.8) is 0 Å². The summed E-state index contributed by atoms with van der Waals surface area (Å²) in [7, 11) is 1.69. The van der Waals surface area contributed by atoms with Crippen molar-refractivity contribution in [2.45, 2.75) is 0 Å². The van der Waals surface area contributed by atoms with Crippen LogP contribution in [0.5, 0.6) is 5.75 Å². The Balaban J connectivity index is 1.54. The van der Waals surface area contributed by atoms with E-state index in [0.29, 0.717) is 6.54 Å². The Bertz CT molecular complexity index is 777. The molecule has 0 radical (unpaired) electrons. The van der Waals surface area contributed by atoms with Crippen LogP contribution in [0.1, 0.15) is 0 Å². The van der Waals surface area contributed by atoms with Crippen molar-refractivity contribution in [3.05, 3.63) is 51.4 Å². The van der Waals surface area contributed by atoms with Crippen LogP contribution in [0.25, 0.3) is 0 Å². The van der Waals surface area contributed by atoms with Gasteiger partial charge in [0.05, 0.1) is 25.0 Å². The zero-order valence-corrected chi connectivity index (χ0v) is 17.7. The van der Waals surface area contributed by atoms with E-state index >= 15 is 0 Å². The Morgan fingerprint density at radius 2 is 1.85 bits per heavy atom. The Labute approximate surface area is 170 Å². The number of amides is 1. The standard InChI is InChI=1S/C19H21Br2N3O2/c1-26-18-5-3-2-4-17(18)24-10-8-23(9-11-24)13-19(25)22-16-12-14(20)6-7-15(16)21/h2-7,12H,8-11,13H2,1H3,(H,22,25). The molecule has 5 nitrogen and oxygen atoms in total. The van der Waals surface area contributed by atoms with Gasteiger partial charge in [-0.15, -0.1) is 0 Å². The number of benzene rings is 2. The van der Waals surface area contributed by atoms with E-state index in [4.69, 9.17) is 4.74 Å². The fraction of sp³-hybridized carbons (Fsp3) is 0.316. The maximum atomic E-state index is 12.4. The molecule has 3 rings (SSSR count). The number of hydrogen-bond donors (Lipinski definition) is 1. The summed E-state index contributed by atoms with van der Waals surface area (Å²) in [5.74, 6) is 0.882. The zero-order chi connectivity index (χ0) is 18.5. The van der Waals surface area contributed by atoms with Crippen LogP contribution in [0.15, 0.2) is 51.4 Å². The summed E-state index contributed by atoms with van der Waals surface area (Å²) in [4.78, 5) is 16.9. The molecular formula is C19H21Br2N3O2. The third kappa shape index (κ3) is 4.78. The molecule has 0 spiro atoms. The largest absolute Gasteiger partial charge is 0.495 e. The number of methoxy groups -OCH3 is 1. The van der Waals surface area contributed by atoms with Crippen LogP contribution in [0.4, 0.5) is 11.4 Å². The summed E-state index contributed by atoms with van der Waals surface area (Å²) < 4.78 is 7.25. The number of ether oxygens (including phenoxy) is 1. The molecule has 7 heteroatoms. The predicted octanol–water partition coefficient (Wildman–Crippen LogP) is 3.98. The van der Waals surface area contributed by atoms with Gasteiger partial charge in [0.1, 0.15) is 5.75 Å². The van der Waals surface area contributed by atoms with Crippen LogP contribution >= 0.6 is 31.9 Å². The molecule has 0 atom stereocenters. The summed E-state index contributed by atoms with van der Waals surface area (Å²) in [6.07, 6.45) is 0. The maximum absolute atomic E-state index is 12.4. The maximum Gasteiger partial charge on any atom is 0.238 e. The van der Waals surface area contributed by atoms with Crippen molar-refractivity contribution in [2.75, 3.05) is 50.1 Å². The lowest BCUT2D eigenvalue weighted by Crippen LogP contribution is -2.48. The van der Waals surface area contributed by atoms with Gasteiger partial charge in [0.15, 0.2) is 0 Å². The molecule has 1 fully saturated rings. The van der Waals surface area contributed by atoms with Crippen LogP contribution in [0, 0.1) is 0 Å². The molecule has 26 heavy (non-hydrogen) atoms. The Kier molecular flexibility index (Phi) is 6.56. The monoisotopic (exact) mass is 481 g/mol. The van der Waals surface area contributed by atoms with Gasteiger partial charge < -0.3 is 15.0 Å². The van der Waals surface area contributed by atoms with Crippen molar-refractivity contribution in [1.82, 2.24) is 4.90 Å². The summed E-state index contributed by atoms with van der Waals surface area (Å²) in [5.41, 5.74) is 1.88. The topological polar surface area (TPSA) is 44.8 Å². The van der Waals surface area contributed by atoms with Crippen LogP contribution in [-0.2, 0) is 4.79 Å². The first-order valence-corrected chi connectivity index (χ1v) is 10.0. The quantitative estimate of drug-likeness (QED) is 0.700. The van der Waals surface area contributed by atoms with E-state index in [1.54, 1.807) is 7.11 Å². The third-order valence-corrected chi connectivity index (χ3v) is 5.55. The highest BCUT2D eigenvalue weighted by molar-refractivity contribution is 9.11. The Morgan fingerprint density at radius 3 is 2.58 bits per heavy atom. The van der Waals surface area contributed by atoms with Gasteiger partial charge in [0, 0.05) is 35.1 Å². The minimum Gasteiger partial charge on any atom is -0.495 e. The second kappa shape index (κ2) is 8.88. The second-order valence-electron chi connectivity index (χ2n) is 6.11. The molecule has 2 aromatic carbocycles. The Morgan fingerprint density at radius 1 is 1.12 bits per heavy atom. The molecule has 0 saturated carbocycles. The fourth-order valence-corrected chi connectivity index (χ4v) is 3.73. The fourth-order valence-electron chi connectivity index (χ4n) is 3.02. The van der Waals surface area contributed by atoms with Gasteiger partial charge in [-0.25, -0.2) is 0 Å². The van der Waals surface area contributed by atoms with Gasteiger partial charge in [-0.2, -0.15) is 0 Å². The highest BCUT2D eigenvalue weighted by Crippen LogP contribution is 2.28. The molecule has 0 bridgehead atoms. The molecule has 0 aromatic heterocycles. The summed E-state index contributed by atoms with van der Waals surface area (Å²) >= 11 is 6.89. The van der Waals surface area contributed by atoms with Gasteiger partial charge in [0.25, 0.3) is 0 Å². The molecule has 1 N–H and O–H groups in total. The van der Waals surface area contributed by atoms with E-state index < -0.39 is 0 Å². The number of halogens is 2. The van der Waals surface area contributed by atoms with Crippen LogP contribution in [0.3, 0.4) is 0 Å². The summed E-state index contributed by atoms with van der Waals surface area (Å²) in [6.45, 7) is 3.80. The van der Waals surface area contributed by atoms with Gasteiger partial charge in [0.2, 0.25) is 5.91 Å². The van der Waals surface area contributed by atoms with Crippen molar-refractivity contribution < 1.29 is 9.53 Å². The van der Waals surface area contributed by atoms with Crippen molar-refractivity contribution in [3.8, 4) is 5.75 Å². The average molecular weight is 483 g/mol. The third-order valence-electron chi connectivity index (χ3n) is 4.37. The molecule has 0 unspecified atom stereocenters. The lowest BCUT2D eigenvalue weighted by atomic mass is 10.2. The molecule has 2 aromatic rings. The first-order valence-electron chi connectivity index (χ1n) is 8.42. The Hall–Kier alpha value is -1.57. The average Bonchev–Trinajstić information content (AvgIpc) is 2.65. The van der Waals surface area contributed by atoms with E-state index in [2.05, 4.69) is 53.0 Å². The number of para-hydroxylation sites is 2. The number of anilines is 2.